The van der Waals surface area contributed by atoms with Gasteiger partial charge in [0.25, 0.3) is 9.05 Å². The zero-order chi connectivity index (χ0) is 13.9. The lowest BCUT2D eigenvalue weighted by atomic mass is 10.2. The molecule has 100 valence electrons. The first kappa shape index (κ1) is 13.9. The Balaban J connectivity index is 2.19. The van der Waals surface area contributed by atoms with Crippen LogP contribution in [0.2, 0.25) is 0 Å². The van der Waals surface area contributed by atoms with Gasteiger partial charge in [-0.15, -0.1) is 0 Å². The molecular formula is C14H13ClO3S. The lowest BCUT2D eigenvalue weighted by Crippen LogP contribution is -1.98. The van der Waals surface area contributed by atoms with E-state index in [1.807, 2.05) is 30.3 Å². The van der Waals surface area contributed by atoms with Crippen LogP contribution in [-0.4, -0.2) is 8.42 Å². The maximum absolute atomic E-state index is 11.3. The summed E-state index contributed by atoms with van der Waals surface area (Å²) in [6, 6.07) is 14.4. The van der Waals surface area contributed by atoms with E-state index in [2.05, 4.69) is 0 Å². The molecule has 0 atom stereocenters. The standard InChI is InChI=1S/C14H13ClO3S/c1-11-7-13(9-14(8-11)19(15,16)17)18-10-12-5-3-2-4-6-12/h2-9H,10H2,1H3. The summed E-state index contributed by atoms with van der Waals surface area (Å²) in [6.45, 7) is 2.17. The first-order valence-corrected chi connectivity index (χ1v) is 7.99. The molecule has 0 fully saturated rings. The van der Waals surface area contributed by atoms with Crippen molar-refractivity contribution in [3.63, 3.8) is 0 Å². The predicted molar refractivity (Wildman–Crippen MR) is 75.0 cm³/mol. The molecule has 0 spiro atoms. The molecule has 0 bridgehead atoms. The van der Waals surface area contributed by atoms with Gasteiger partial charge < -0.3 is 4.74 Å². The molecule has 5 heteroatoms. The summed E-state index contributed by atoms with van der Waals surface area (Å²) < 4.78 is 28.2. The lowest BCUT2D eigenvalue weighted by Gasteiger charge is -2.08. The molecule has 0 amide bonds. The van der Waals surface area contributed by atoms with Gasteiger partial charge in [0.15, 0.2) is 0 Å². The SMILES string of the molecule is Cc1cc(OCc2ccccc2)cc(S(=O)(=O)Cl)c1. The highest BCUT2D eigenvalue weighted by atomic mass is 35.7. The van der Waals surface area contributed by atoms with Gasteiger partial charge in [-0.2, -0.15) is 0 Å². The molecule has 0 N–H and O–H groups in total. The molecule has 0 saturated carbocycles. The molecule has 0 unspecified atom stereocenters. The van der Waals surface area contributed by atoms with Gasteiger partial charge in [0.1, 0.15) is 12.4 Å². The fraction of sp³-hybridized carbons (Fsp3) is 0.143. The highest BCUT2D eigenvalue weighted by molar-refractivity contribution is 8.13. The third kappa shape index (κ3) is 3.98. The molecule has 2 aromatic rings. The van der Waals surface area contributed by atoms with Crippen molar-refractivity contribution in [2.45, 2.75) is 18.4 Å². The van der Waals surface area contributed by atoms with Gasteiger partial charge in [0.05, 0.1) is 4.90 Å². The number of rotatable bonds is 4. The Kier molecular flexibility index (Phi) is 4.12. The molecule has 0 aliphatic carbocycles. The van der Waals surface area contributed by atoms with Gasteiger partial charge in [-0.25, -0.2) is 8.42 Å². The van der Waals surface area contributed by atoms with Gasteiger partial charge in [0, 0.05) is 16.7 Å². The number of ether oxygens (including phenoxy) is 1. The zero-order valence-electron chi connectivity index (χ0n) is 10.3. The Bertz CT molecular complexity index is 666. The summed E-state index contributed by atoms with van der Waals surface area (Å²) in [7, 11) is 1.60. The molecule has 0 heterocycles. The van der Waals surface area contributed by atoms with Crippen LogP contribution in [0.4, 0.5) is 0 Å². The van der Waals surface area contributed by atoms with Crippen LogP contribution < -0.4 is 4.74 Å². The van der Waals surface area contributed by atoms with Crippen LogP contribution >= 0.6 is 10.7 Å². The van der Waals surface area contributed by atoms with E-state index in [4.69, 9.17) is 15.4 Å². The molecular weight excluding hydrogens is 284 g/mol. The summed E-state index contributed by atoms with van der Waals surface area (Å²) in [6.07, 6.45) is 0. The maximum Gasteiger partial charge on any atom is 0.261 e. The first-order valence-electron chi connectivity index (χ1n) is 5.68. The number of hydrogen-bond acceptors (Lipinski definition) is 3. The summed E-state index contributed by atoms with van der Waals surface area (Å²) in [4.78, 5) is 0.0530. The van der Waals surface area contributed by atoms with Crippen LogP contribution in [0.3, 0.4) is 0 Å². The Morgan fingerprint density at radius 3 is 2.42 bits per heavy atom. The van der Waals surface area contributed by atoms with E-state index in [-0.39, 0.29) is 4.90 Å². The highest BCUT2D eigenvalue weighted by Gasteiger charge is 2.12. The van der Waals surface area contributed by atoms with E-state index in [0.29, 0.717) is 12.4 Å². The molecule has 19 heavy (non-hydrogen) atoms. The monoisotopic (exact) mass is 296 g/mol. The maximum atomic E-state index is 11.3. The van der Waals surface area contributed by atoms with Gasteiger partial charge in [0.2, 0.25) is 0 Å². The molecule has 0 aliphatic heterocycles. The van der Waals surface area contributed by atoms with Crippen LogP contribution in [0, 0.1) is 6.92 Å². The molecule has 2 aromatic carbocycles. The lowest BCUT2D eigenvalue weighted by molar-refractivity contribution is 0.305. The van der Waals surface area contributed by atoms with Crippen LogP contribution in [-0.2, 0) is 15.7 Å². The van der Waals surface area contributed by atoms with Crippen molar-refractivity contribution in [1.82, 2.24) is 0 Å². The van der Waals surface area contributed by atoms with Gasteiger partial charge in [-0.3, -0.25) is 0 Å². The van der Waals surface area contributed by atoms with Gasteiger partial charge in [-0.1, -0.05) is 30.3 Å². The van der Waals surface area contributed by atoms with Gasteiger partial charge in [-0.05, 0) is 30.2 Å². The van der Waals surface area contributed by atoms with E-state index >= 15 is 0 Å². The van der Waals surface area contributed by atoms with Crippen LogP contribution in [0.1, 0.15) is 11.1 Å². The second kappa shape index (κ2) is 5.63. The Labute approximate surface area is 117 Å². The quantitative estimate of drug-likeness (QED) is 0.811. The Morgan fingerprint density at radius 1 is 1.11 bits per heavy atom. The Morgan fingerprint density at radius 2 is 1.79 bits per heavy atom. The third-order valence-electron chi connectivity index (χ3n) is 2.55. The predicted octanol–water partition coefficient (Wildman–Crippen LogP) is 3.50. The summed E-state index contributed by atoms with van der Waals surface area (Å²) in [5.74, 6) is 0.489. The minimum atomic E-state index is -3.74. The highest BCUT2D eigenvalue weighted by Crippen LogP contribution is 2.23. The summed E-state index contributed by atoms with van der Waals surface area (Å²) in [5, 5.41) is 0. The van der Waals surface area contributed by atoms with E-state index in [1.54, 1.807) is 13.0 Å². The fourth-order valence-corrected chi connectivity index (χ4v) is 2.53. The molecule has 0 saturated heterocycles. The normalized spacial score (nSPS) is 11.3. The van der Waals surface area contributed by atoms with E-state index < -0.39 is 9.05 Å². The van der Waals surface area contributed by atoms with Gasteiger partial charge >= 0.3 is 0 Å². The van der Waals surface area contributed by atoms with E-state index in [0.717, 1.165) is 11.1 Å². The molecule has 3 nitrogen and oxygen atoms in total. The number of halogens is 1. The fourth-order valence-electron chi connectivity index (χ4n) is 1.68. The molecule has 2 rings (SSSR count). The minimum Gasteiger partial charge on any atom is -0.489 e. The van der Waals surface area contributed by atoms with E-state index in [1.165, 1.54) is 12.1 Å². The topological polar surface area (TPSA) is 43.4 Å². The van der Waals surface area contributed by atoms with Crippen LogP contribution in [0.25, 0.3) is 0 Å². The van der Waals surface area contributed by atoms with E-state index in [9.17, 15) is 8.42 Å². The molecule has 0 aliphatic rings. The van der Waals surface area contributed by atoms with Crippen molar-refractivity contribution in [3.05, 3.63) is 59.7 Å². The number of hydrogen-bond donors (Lipinski definition) is 0. The minimum absolute atomic E-state index is 0.0530. The van der Waals surface area contributed by atoms with Crippen molar-refractivity contribution in [1.29, 1.82) is 0 Å². The largest absolute Gasteiger partial charge is 0.489 e. The average molecular weight is 297 g/mol. The third-order valence-corrected chi connectivity index (χ3v) is 3.89. The van der Waals surface area contributed by atoms with Crippen molar-refractivity contribution in [3.8, 4) is 5.75 Å². The van der Waals surface area contributed by atoms with Crippen molar-refractivity contribution in [2.24, 2.45) is 0 Å². The second-order valence-corrected chi connectivity index (χ2v) is 6.76. The smallest absolute Gasteiger partial charge is 0.261 e. The Hall–Kier alpha value is -1.52. The summed E-state index contributed by atoms with van der Waals surface area (Å²) >= 11 is 0. The summed E-state index contributed by atoms with van der Waals surface area (Å²) in [5.41, 5.74) is 1.80. The zero-order valence-corrected chi connectivity index (χ0v) is 11.9. The van der Waals surface area contributed by atoms with Crippen LogP contribution in [0.5, 0.6) is 5.75 Å². The van der Waals surface area contributed by atoms with Crippen molar-refractivity contribution >= 4 is 19.7 Å². The second-order valence-electron chi connectivity index (χ2n) is 4.19. The van der Waals surface area contributed by atoms with Crippen molar-refractivity contribution in [2.75, 3.05) is 0 Å². The van der Waals surface area contributed by atoms with Crippen molar-refractivity contribution < 1.29 is 13.2 Å². The van der Waals surface area contributed by atoms with Crippen LogP contribution in [0.15, 0.2) is 53.4 Å². The number of aryl methyl sites for hydroxylation is 1. The molecule has 0 aromatic heterocycles. The average Bonchev–Trinajstić information content (AvgIpc) is 2.36. The number of benzene rings is 2. The first-order chi connectivity index (χ1) is 8.95. The molecule has 0 radical (unpaired) electrons.